The van der Waals surface area contributed by atoms with Crippen LogP contribution in [0.25, 0.3) is 0 Å². The van der Waals surface area contributed by atoms with E-state index in [0.29, 0.717) is 18.8 Å². The van der Waals surface area contributed by atoms with Gasteiger partial charge in [-0.25, -0.2) is 4.79 Å². The summed E-state index contributed by atoms with van der Waals surface area (Å²) in [5.74, 6) is -1.06. The van der Waals surface area contributed by atoms with Gasteiger partial charge in [0.25, 0.3) is 0 Å². The van der Waals surface area contributed by atoms with Crippen molar-refractivity contribution in [1.82, 2.24) is 4.90 Å². The average molecular weight is 396 g/mol. The minimum Gasteiger partial charge on any atom is -0.482 e. The maximum absolute atomic E-state index is 12.8. The van der Waals surface area contributed by atoms with E-state index in [1.807, 2.05) is 31.2 Å². The number of ether oxygens (including phenoxy) is 1. The van der Waals surface area contributed by atoms with Gasteiger partial charge in [-0.1, -0.05) is 29.8 Å². The van der Waals surface area contributed by atoms with E-state index in [-0.39, 0.29) is 24.2 Å². The normalized spacial score (nSPS) is 16.0. The predicted molar refractivity (Wildman–Crippen MR) is 108 cm³/mol. The summed E-state index contributed by atoms with van der Waals surface area (Å²) in [6, 6.07) is 14.6. The van der Waals surface area contributed by atoms with Gasteiger partial charge in [0, 0.05) is 32.2 Å². The fraction of sp³-hybridized carbons (Fsp3) is 0.318. The first-order valence-electron chi connectivity index (χ1n) is 9.39. The van der Waals surface area contributed by atoms with Crippen LogP contribution in [0.5, 0.6) is 5.75 Å². The minimum atomic E-state index is -1.04. The molecule has 152 valence electrons. The molecule has 7 heteroatoms. The zero-order valence-corrected chi connectivity index (χ0v) is 16.5. The Labute approximate surface area is 169 Å². The Morgan fingerprint density at radius 2 is 1.79 bits per heavy atom. The molecule has 29 heavy (non-hydrogen) atoms. The molecular weight excluding hydrogens is 372 g/mol. The number of hydrogen-bond donors (Lipinski definition) is 1. The molecule has 1 N–H and O–H groups in total. The molecule has 1 fully saturated rings. The Kier molecular flexibility index (Phi) is 6.16. The summed E-state index contributed by atoms with van der Waals surface area (Å²) >= 11 is 0. The lowest BCUT2D eigenvalue weighted by Gasteiger charge is -2.22. The SMILES string of the molecule is Cc1ccc(N2CC(C(=O)N(C)Cc3ccc(OCC(=O)O)cc3)CC2=O)cc1. The molecule has 1 aliphatic heterocycles. The molecule has 1 heterocycles. The number of carboxylic acids is 1. The molecule has 1 aliphatic rings. The minimum absolute atomic E-state index is 0.0412. The van der Waals surface area contributed by atoms with Crippen molar-refractivity contribution in [3.05, 3.63) is 59.7 Å². The van der Waals surface area contributed by atoms with Crippen LogP contribution in [-0.2, 0) is 20.9 Å². The van der Waals surface area contributed by atoms with E-state index >= 15 is 0 Å². The van der Waals surface area contributed by atoms with Gasteiger partial charge in [0.05, 0.1) is 5.92 Å². The topological polar surface area (TPSA) is 87.2 Å². The first kappa shape index (κ1) is 20.4. The molecular formula is C22H24N2O5. The Balaban J connectivity index is 1.58. The molecule has 1 saturated heterocycles. The lowest BCUT2D eigenvalue weighted by atomic mass is 10.1. The van der Waals surface area contributed by atoms with Crippen LogP contribution in [-0.4, -0.2) is 48.0 Å². The average Bonchev–Trinajstić information content (AvgIpc) is 3.09. The zero-order chi connectivity index (χ0) is 21.0. The maximum Gasteiger partial charge on any atom is 0.341 e. The van der Waals surface area contributed by atoms with Gasteiger partial charge in [0.2, 0.25) is 11.8 Å². The van der Waals surface area contributed by atoms with E-state index in [4.69, 9.17) is 9.84 Å². The number of amides is 2. The number of carbonyl (C=O) groups is 3. The summed E-state index contributed by atoms with van der Waals surface area (Å²) in [4.78, 5) is 39.1. The third kappa shape index (κ3) is 5.13. The van der Waals surface area contributed by atoms with Gasteiger partial charge < -0.3 is 19.6 Å². The van der Waals surface area contributed by atoms with Gasteiger partial charge in [0.1, 0.15) is 5.75 Å². The lowest BCUT2D eigenvalue weighted by Crippen LogP contribution is -2.34. The molecule has 7 nitrogen and oxygen atoms in total. The molecule has 1 atom stereocenters. The number of rotatable bonds is 7. The smallest absolute Gasteiger partial charge is 0.341 e. The number of carbonyl (C=O) groups excluding carboxylic acids is 2. The van der Waals surface area contributed by atoms with E-state index in [2.05, 4.69) is 0 Å². The van der Waals surface area contributed by atoms with Crippen molar-refractivity contribution in [3.8, 4) is 5.75 Å². The Morgan fingerprint density at radius 1 is 1.14 bits per heavy atom. The van der Waals surface area contributed by atoms with Crippen LogP contribution in [0.3, 0.4) is 0 Å². The number of aliphatic carboxylic acids is 1. The van der Waals surface area contributed by atoms with Crippen molar-refractivity contribution < 1.29 is 24.2 Å². The number of anilines is 1. The van der Waals surface area contributed by atoms with E-state index in [1.54, 1.807) is 41.1 Å². The van der Waals surface area contributed by atoms with Crippen LogP contribution in [0.4, 0.5) is 5.69 Å². The van der Waals surface area contributed by atoms with Crippen molar-refractivity contribution in [1.29, 1.82) is 0 Å². The summed E-state index contributed by atoms with van der Waals surface area (Å²) in [6.45, 7) is 2.37. The molecule has 0 saturated carbocycles. The summed E-state index contributed by atoms with van der Waals surface area (Å²) in [5, 5.41) is 8.64. The summed E-state index contributed by atoms with van der Waals surface area (Å²) in [5.41, 5.74) is 2.82. The van der Waals surface area contributed by atoms with Crippen LogP contribution in [0.1, 0.15) is 17.5 Å². The fourth-order valence-corrected chi connectivity index (χ4v) is 3.35. The fourth-order valence-electron chi connectivity index (χ4n) is 3.35. The van der Waals surface area contributed by atoms with Gasteiger partial charge in [-0.2, -0.15) is 0 Å². The lowest BCUT2D eigenvalue weighted by molar-refractivity contribution is -0.139. The van der Waals surface area contributed by atoms with Gasteiger partial charge in [0.15, 0.2) is 6.61 Å². The maximum atomic E-state index is 12.8. The molecule has 0 radical (unpaired) electrons. The highest BCUT2D eigenvalue weighted by atomic mass is 16.5. The molecule has 0 aromatic heterocycles. The molecule has 2 aromatic carbocycles. The Morgan fingerprint density at radius 3 is 2.41 bits per heavy atom. The van der Waals surface area contributed by atoms with E-state index < -0.39 is 12.6 Å². The van der Waals surface area contributed by atoms with Crippen LogP contribution < -0.4 is 9.64 Å². The van der Waals surface area contributed by atoms with Crippen molar-refractivity contribution >= 4 is 23.5 Å². The Bertz CT molecular complexity index is 892. The van der Waals surface area contributed by atoms with Gasteiger partial charge in [-0.15, -0.1) is 0 Å². The van der Waals surface area contributed by atoms with Crippen molar-refractivity contribution in [3.63, 3.8) is 0 Å². The quantitative estimate of drug-likeness (QED) is 0.777. The zero-order valence-electron chi connectivity index (χ0n) is 16.5. The molecule has 2 aromatic rings. The van der Waals surface area contributed by atoms with E-state index in [1.165, 1.54) is 0 Å². The second kappa shape index (κ2) is 8.77. The number of carboxylic acid groups (broad SMARTS) is 1. The molecule has 0 bridgehead atoms. The van der Waals surface area contributed by atoms with Gasteiger partial charge in [-0.3, -0.25) is 9.59 Å². The Hall–Kier alpha value is -3.35. The van der Waals surface area contributed by atoms with E-state index in [0.717, 1.165) is 16.8 Å². The van der Waals surface area contributed by atoms with E-state index in [9.17, 15) is 14.4 Å². The highest BCUT2D eigenvalue weighted by Crippen LogP contribution is 2.27. The molecule has 3 rings (SSSR count). The van der Waals surface area contributed by atoms with Gasteiger partial charge in [-0.05, 0) is 36.8 Å². The van der Waals surface area contributed by atoms with Crippen LogP contribution in [0, 0.1) is 12.8 Å². The molecule has 0 spiro atoms. The van der Waals surface area contributed by atoms with Crippen LogP contribution in [0.2, 0.25) is 0 Å². The van der Waals surface area contributed by atoms with Crippen molar-refractivity contribution in [2.24, 2.45) is 5.92 Å². The second-order valence-corrected chi connectivity index (χ2v) is 7.26. The highest BCUT2D eigenvalue weighted by Gasteiger charge is 2.36. The predicted octanol–water partition coefficient (Wildman–Crippen LogP) is 2.47. The van der Waals surface area contributed by atoms with Crippen molar-refractivity contribution in [2.45, 2.75) is 19.9 Å². The summed E-state index contributed by atoms with van der Waals surface area (Å²) in [6.07, 6.45) is 0.207. The first-order valence-corrected chi connectivity index (χ1v) is 9.39. The number of hydrogen-bond acceptors (Lipinski definition) is 4. The van der Waals surface area contributed by atoms with Crippen LogP contribution >= 0.6 is 0 Å². The highest BCUT2D eigenvalue weighted by molar-refractivity contribution is 6.00. The summed E-state index contributed by atoms with van der Waals surface area (Å²) < 4.78 is 5.11. The largest absolute Gasteiger partial charge is 0.482 e. The molecule has 2 amide bonds. The van der Waals surface area contributed by atoms with Crippen molar-refractivity contribution in [2.75, 3.05) is 25.1 Å². The molecule has 0 aliphatic carbocycles. The molecule has 1 unspecified atom stereocenters. The second-order valence-electron chi connectivity index (χ2n) is 7.26. The monoisotopic (exact) mass is 396 g/mol. The number of nitrogens with zero attached hydrogens (tertiary/aromatic N) is 2. The van der Waals surface area contributed by atoms with Crippen LogP contribution in [0.15, 0.2) is 48.5 Å². The number of aryl methyl sites for hydroxylation is 1. The summed E-state index contributed by atoms with van der Waals surface area (Å²) in [7, 11) is 1.72. The third-order valence-electron chi connectivity index (χ3n) is 4.90. The number of benzene rings is 2. The third-order valence-corrected chi connectivity index (χ3v) is 4.90. The van der Waals surface area contributed by atoms with Gasteiger partial charge >= 0.3 is 5.97 Å². The standard InChI is InChI=1S/C22H24N2O5/c1-15-3-7-18(8-4-15)24-13-17(11-20(24)25)22(28)23(2)12-16-5-9-19(10-6-16)29-14-21(26)27/h3-10,17H,11-14H2,1-2H3,(H,26,27). The first-order chi connectivity index (χ1) is 13.8.